The van der Waals surface area contributed by atoms with Gasteiger partial charge in [-0.15, -0.1) is 0 Å². The Labute approximate surface area is 202 Å². The number of hydrogen-bond donors (Lipinski definition) is 0. The second-order valence-corrected chi connectivity index (χ2v) is 11.7. The highest BCUT2D eigenvalue weighted by Gasteiger charge is 2.34. The van der Waals surface area contributed by atoms with Crippen LogP contribution in [0.15, 0.2) is 81.1 Å². The SMILES string of the molecule is CCCC[C@H](c1ccco1)N(CCOS(=O)(=O)c1ccc(C)cc1)S(=O)(=O)c1ccc(C)cc1. The van der Waals surface area contributed by atoms with Crippen molar-refractivity contribution in [1.29, 1.82) is 0 Å². The van der Waals surface area contributed by atoms with E-state index in [1.54, 1.807) is 48.5 Å². The lowest BCUT2D eigenvalue weighted by atomic mass is 10.1. The second-order valence-electron chi connectivity index (χ2n) is 8.19. The molecule has 9 heteroatoms. The first-order valence-corrected chi connectivity index (χ1v) is 14.1. The van der Waals surface area contributed by atoms with E-state index in [1.807, 2.05) is 20.8 Å². The Balaban J connectivity index is 1.91. The van der Waals surface area contributed by atoms with Crippen LogP contribution in [0.5, 0.6) is 0 Å². The molecule has 0 saturated heterocycles. The summed E-state index contributed by atoms with van der Waals surface area (Å²) in [7, 11) is -7.99. The lowest BCUT2D eigenvalue weighted by Crippen LogP contribution is -2.37. The fourth-order valence-corrected chi connectivity index (χ4v) is 6.12. The summed E-state index contributed by atoms with van der Waals surface area (Å²) in [6.45, 7) is 5.28. The number of unbranched alkanes of at least 4 members (excludes halogenated alkanes) is 1. The van der Waals surface area contributed by atoms with E-state index in [1.165, 1.54) is 22.7 Å². The average molecular weight is 506 g/mol. The van der Waals surface area contributed by atoms with Crippen molar-refractivity contribution in [3.63, 3.8) is 0 Å². The van der Waals surface area contributed by atoms with Gasteiger partial charge in [-0.25, -0.2) is 8.42 Å². The lowest BCUT2D eigenvalue weighted by Gasteiger charge is -2.29. The normalized spacial score (nSPS) is 13.3. The number of rotatable bonds is 12. The molecule has 0 aliphatic carbocycles. The van der Waals surface area contributed by atoms with Crippen molar-refractivity contribution in [1.82, 2.24) is 4.31 Å². The van der Waals surface area contributed by atoms with E-state index in [4.69, 9.17) is 8.60 Å². The van der Waals surface area contributed by atoms with E-state index >= 15 is 0 Å². The molecule has 7 nitrogen and oxygen atoms in total. The van der Waals surface area contributed by atoms with Crippen LogP contribution in [0.4, 0.5) is 0 Å². The number of furan rings is 1. The molecule has 1 atom stereocenters. The van der Waals surface area contributed by atoms with Crippen molar-refractivity contribution in [2.24, 2.45) is 0 Å². The van der Waals surface area contributed by atoms with Crippen molar-refractivity contribution < 1.29 is 25.4 Å². The molecule has 0 spiro atoms. The van der Waals surface area contributed by atoms with Gasteiger partial charge in [0.15, 0.2) is 0 Å². The van der Waals surface area contributed by atoms with Crippen LogP contribution >= 0.6 is 0 Å². The van der Waals surface area contributed by atoms with Gasteiger partial charge in [0.25, 0.3) is 10.1 Å². The molecule has 34 heavy (non-hydrogen) atoms. The summed E-state index contributed by atoms with van der Waals surface area (Å²) in [5.41, 5.74) is 1.86. The minimum atomic E-state index is -4.03. The number of hydrogen-bond acceptors (Lipinski definition) is 6. The molecule has 3 aromatic rings. The van der Waals surface area contributed by atoms with E-state index in [0.29, 0.717) is 12.2 Å². The molecule has 3 rings (SSSR count). The summed E-state index contributed by atoms with van der Waals surface area (Å²) in [6, 6.07) is 15.7. The fourth-order valence-electron chi connectivity index (χ4n) is 3.61. The third-order valence-corrected chi connectivity index (χ3v) is 8.79. The van der Waals surface area contributed by atoms with Gasteiger partial charge in [0, 0.05) is 6.54 Å². The molecule has 2 aromatic carbocycles. The van der Waals surface area contributed by atoms with Gasteiger partial charge in [0.1, 0.15) is 5.76 Å². The molecule has 0 aliphatic heterocycles. The van der Waals surface area contributed by atoms with Gasteiger partial charge >= 0.3 is 0 Å². The van der Waals surface area contributed by atoms with Crippen LogP contribution in [0.2, 0.25) is 0 Å². The summed E-state index contributed by atoms with van der Waals surface area (Å²) in [4.78, 5) is 0.159. The van der Waals surface area contributed by atoms with Crippen LogP contribution in [0.1, 0.15) is 49.1 Å². The molecule has 0 radical (unpaired) electrons. The van der Waals surface area contributed by atoms with Crippen molar-refractivity contribution in [3.8, 4) is 0 Å². The number of sulfonamides is 1. The fraction of sp³-hybridized carbons (Fsp3) is 0.360. The Morgan fingerprint density at radius 1 is 0.882 bits per heavy atom. The molecule has 1 heterocycles. The van der Waals surface area contributed by atoms with Crippen LogP contribution in [0.3, 0.4) is 0 Å². The molecule has 0 saturated carbocycles. The zero-order valence-corrected chi connectivity index (χ0v) is 21.3. The topological polar surface area (TPSA) is 93.9 Å². The highest BCUT2D eigenvalue weighted by Crippen LogP contribution is 2.32. The Morgan fingerprint density at radius 3 is 2.00 bits per heavy atom. The summed E-state index contributed by atoms with van der Waals surface area (Å²) in [6.07, 6.45) is 3.67. The van der Waals surface area contributed by atoms with Gasteiger partial charge in [0.2, 0.25) is 10.0 Å². The molecular weight excluding hydrogens is 474 g/mol. The summed E-state index contributed by atoms with van der Waals surface area (Å²) in [5.74, 6) is 0.505. The Hall–Kier alpha value is -2.46. The van der Waals surface area contributed by atoms with Gasteiger partial charge in [-0.05, 0) is 56.7 Å². The molecule has 0 aliphatic rings. The van der Waals surface area contributed by atoms with Crippen LogP contribution < -0.4 is 0 Å². The third-order valence-electron chi connectivity index (χ3n) is 5.54. The number of benzene rings is 2. The largest absolute Gasteiger partial charge is 0.468 e. The molecule has 0 fully saturated rings. The summed E-state index contributed by atoms with van der Waals surface area (Å²) >= 11 is 0. The van der Waals surface area contributed by atoms with Crippen molar-refractivity contribution >= 4 is 20.1 Å². The minimum Gasteiger partial charge on any atom is -0.468 e. The smallest absolute Gasteiger partial charge is 0.297 e. The quantitative estimate of drug-likeness (QED) is 0.313. The van der Waals surface area contributed by atoms with E-state index < -0.39 is 26.2 Å². The zero-order valence-electron chi connectivity index (χ0n) is 19.7. The highest BCUT2D eigenvalue weighted by molar-refractivity contribution is 7.89. The predicted octanol–water partition coefficient (Wildman–Crippen LogP) is 5.22. The summed E-state index contributed by atoms with van der Waals surface area (Å²) < 4.78 is 64.8. The van der Waals surface area contributed by atoms with E-state index in [0.717, 1.165) is 24.0 Å². The molecule has 0 N–H and O–H groups in total. The van der Waals surface area contributed by atoms with Crippen molar-refractivity contribution in [2.75, 3.05) is 13.2 Å². The van der Waals surface area contributed by atoms with Crippen molar-refractivity contribution in [2.45, 2.75) is 55.9 Å². The monoisotopic (exact) mass is 505 g/mol. The Bertz CT molecular complexity index is 1250. The van der Waals surface area contributed by atoms with Crippen molar-refractivity contribution in [3.05, 3.63) is 83.8 Å². The minimum absolute atomic E-state index is 0.0274. The maximum absolute atomic E-state index is 13.7. The number of nitrogens with zero attached hydrogens (tertiary/aromatic N) is 1. The van der Waals surface area contributed by atoms with Crippen LogP contribution in [0.25, 0.3) is 0 Å². The second kappa shape index (κ2) is 11.3. The molecule has 0 bridgehead atoms. The standard InChI is InChI=1S/C25H31NO6S2/c1-4-5-7-24(25-8-6-18-31-25)26(33(27,28)22-13-9-20(2)10-14-22)17-19-32-34(29,30)23-15-11-21(3)12-16-23/h6,8-16,18,24H,4-5,7,17,19H2,1-3H3/t24-/m1/s1. The lowest BCUT2D eigenvalue weighted by molar-refractivity contribution is 0.219. The Kier molecular flexibility index (Phi) is 8.70. The molecule has 0 amide bonds. The highest BCUT2D eigenvalue weighted by atomic mass is 32.2. The molecule has 1 aromatic heterocycles. The van der Waals surface area contributed by atoms with Gasteiger partial charge < -0.3 is 4.42 Å². The first-order valence-electron chi connectivity index (χ1n) is 11.2. The van der Waals surface area contributed by atoms with Crippen LogP contribution in [-0.4, -0.2) is 34.3 Å². The van der Waals surface area contributed by atoms with Gasteiger partial charge in [-0.2, -0.15) is 12.7 Å². The third kappa shape index (κ3) is 6.35. The molecular formula is C25H31NO6S2. The van der Waals surface area contributed by atoms with Gasteiger partial charge in [-0.3, -0.25) is 4.18 Å². The first kappa shape index (κ1) is 26.2. The van der Waals surface area contributed by atoms with Crippen LogP contribution in [0, 0.1) is 13.8 Å². The predicted molar refractivity (Wildman–Crippen MR) is 130 cm³/mol. The van der Waals surface area contributed by atoms with Gasteiger partial charge in [0.05, 0.1) is 28.7 Å². The number of aryl methyl sites for hydroxylation is 2. The molecule has 0 unspecified atom stereocenters. The maximum atomic E-state index is 13.7. The first-order chi connectivity index (χ1) is 16.1. The summed E-state index contributed by atoms with van der Waals surface area (Å²) in [5, 5.41) is 0. The van der Waals surface area contributed by atoms with E-state index in [-0.39, 0.29) is 22.9 Å². The molecule has 184 valence electrons. The maximum Gasteiger partial charge on any atom is 0.297 e. The average Bonchev–Trinajstić information content (AvgIpc) is 3.33. The van der Waals surface area contributed by atoms with E-state index in [9.17, 15) is 16.8 Å². The zero-order chi connectivity index (χ0) is 24.8. The van der Waals surface area contributed by atoms with Crippen LogP contribution in [-0.2, 0) is 24.3 Å². The Morgan fingerprint density at radius 2 is 1.47 bits per heavy atom. The van der Waals surface area contributed by atoms with E-state index in [2.05, 4.69) is 0 Å². The van der Waals surface area contributed by atoms with Gasteiger partial charge in [-0.1, -0.05) is 55.2 Å².